The van der Waals surface area contributed by atoms with E-state index in [4.69, 9.17) is 4.74 Å². The Balaban J connectivity index is 2.00. The van der Waals surface area contributed by atoms with Crippen molar-refractivity contribution in [2.45, 2.75) is 20.8 Å². The van der Waals surface area contributed by atoms with Crippen LogP contribution in [0.5, 0.6) is 5.75 Å². The van der Waals surface area contributed by atoms with E-state index in [2.05, 4.69) is 10.5 Å². The van der Waals surface area contributed by atoms with Crippen LogP contribution in [-0.4, -0.2) is 18.7 Å². The van der Waals surface area contributed by atoms with Gasteiger partial charge in [0.1, 0.15) is 5.75 Å². The molecule has 0 saturated heterocycles. The molecule has 1 N–H and O–H groups in total. The molecule has 1 amide bonds. The molecule has 0 unspecified atom stereocenters. The zero-order chi connectivity index (χ0) is 15.9. The predicted octanol–water partition coefficient (Wildman–Crippen LogP) is 3.47. The molecule has 0 aliphatic heterocycles. The van der Waals surface area contributed by atoms with Gasteiger partial charge < -0.3 is 4.74 Å². The van der Waals surface area contributed by atoms with Gasteiger partial charge in [-0.3, -0.25) is 4.79 Å². The van der Waals surface area contributed by atoms with E-state index in [-0.39, 0.29) is 5.91 Å². The molecule has 2 rings (SSSR count). The van der Waals surface area contributed by atoms with Crippen LogP contribution < -0.4 is 10.2 Å². The number of benzene rings is 2. The van der Waals surface area contributed by atoms with Gasteiger partial charge in [0.25, 0.3) is 5.91 Å². The zero-order valence-electron chi connectivity index (χ0n) is 13.1. The number of amides is 1. The summed E-state index contributed by atoms with van der Waals surface area (Å²) in [5, 5.41) is 4.02. The molecule has 2 aromatic rings. The van der Waals surface area contributed by atoms with E-state index in [0.717, 1.165) is 22.4 Å². The molecule has 4 heteroatoms. The highest BCUT2D eigenvalue weighted by molar-refractivity contribution is 5.95. The molecule has 0 spiro atoms. The molecule has 2 aromatic carbocycles. The first-order valence-corrected chi connectivity index (χ1v) is 7.23. The number of carbonyl (C=O) groups is 1. The molecule has 0 fully saturated rings. The molecule has 0 aromatic heterocycles. The Labute approximate surface area is 130 Å². The normalized spacial score (nSPS) is 10.7. The van der Waals surface area contributed by atoms with Crippen LogP contribution >= 0.6 is 0 Å². The first kappa shape index (κ1) is 15.8. The number of carbonyl (C=O) groups excluding carboxylic acids is 1. The molecule has 114 valence electrons. The minimum atomic E-state index is -0.246. The summed E-state index contributed by atoms with van der Waals surface area (Å²) in [5.74, 6) is 0.502. The first-order chi connectivity index (χ1) is 10.6. The third kappa shape index (κ3) is 4.19. The van der Waals surface area contributed by atoms with E-state index in [1.807, 2.05) is 39.0 Å². The van der Waals surface area contributed by atoms with Gasteiger partial charge in [-0.25, -0.2) is 5.43 Å². The quantitative estimate of drug-likeness (QED) is 0.678. The van der Waals surface area contributed by atoms with Gasteiger partial charge in [-0.2, -0.15) is 5.10 Å². The lowest BCUT2D eigenvalue weighted by Crippen LogP contribution is -2.17. The Morgan fingerprint density at radius 2 is 1.91 bits per heavy atom. The van der Waals surface area contributed by atoms with Crippen molar-refractivity contribution in [1.29, 1.82) is 0 Å². The summed E-state index contributed by atoms with van der Waals surface area (Å²) in [4.78, 5) is 12.0. The third-order valence-corrected chi connectivity index (χ3v) is 3.23. The van der Waals surface area contributed by atoms with Crippen molar-refractivity contribution in [2.75, 3.05) is 6.61 Å². The summed E-state index contributed by atoms with van der Waals surface area (Å²) in [6.07, 6.45) is 1.66. The highest BCUT2D eigenvalue weighted by atomic mass is 16.5. The summed E-state index contributed by atoms with van der Waals surface area (Å²) in [6, 6.07) is 13.1. The average Bonchev–Trinajstić information content (AvgIpc) is 2.51. The highest BCUT2D eigenvalue weighted by Crippen LogP contribution is 2.12. The van der Waals surface area contributed by atoms with E-state index in [0.29, 0.717) is 12.2 Å². The molecule has 0 heterocycles. The second-order valence-electron chi connectivity index (χ2n) is 5.02. The topological polar surface area (TPSA) is 50.7 Å². The lowest BCUT2D eigenvalue weighted by molar-refractivity contribution is 0.0955. The minimum Gasteiger partial charge on any atom is -0.494 e. The Morgan fingerprint density at radius 3 is 2.59 bits per heavy atom. The smallest absolute Gasteiger partial charge is 0.271 e. The monoisotopic (exact) mass is 296 g/mol. The maximum absolute atomic E-state index is 12.0. The fraction of sp³-hybridized carbons (Fsp3) is 0.222. The lowest BCUT2D eigenvalue weighted by atomic mass is 10.1. The van der Waals surface area contributed by atoms with Gasteiger partial charge in [0, 0.05) is 5.56 Å². The van der Waals surface area contributed by atoms with Crippen LogP contribution in [0.15, 0.2) is 47.6 Å². The Hall–Kier alpha value is -2.62. The highest BCUT2D eigenvalue weighted by Gasteiger charge is 2.04. The second kappa shape index (κ2) is 7.41. The van der Waals surface area contributed by atoms with E-state index < -0.39 is 0 Å². The second-order valence-corrected chi connectivity index (χ2v) is 5.02. The molecule has 0 aliphatic rings. The van der Waals surface area contributed by atoms with E-state index in [9.17, 15) is 4.79 Å². The number of rotatable bonds is 5. The van der Waals surface area contributed by atoms with Crippen molar-refractivity contribution < 1.29 is 9.53 Å². The van der Waals surface area contributed by atoms with Crippen LogP contribution in [-0.2, 0) is 0 Å². The molecular formula is C18H20N2O2. The molecule has 0 aliphatic carbocycles. The van der Waals surface area contributed by atoms with Crippen LogP contribution in [0.1, 0.15) is 34.0 Å². The van der Waals surface area contributed by atoms with E-state index in [1.165, 1.54) is 0 Å². The standard InChI is InChI=1S/C18H20N2O2/c1-4-22-17-9-7-15(8-10-17)18(21)20-19-12-16-11-13(2)5-6-14(16)3/h5-12H,4H2,1-3H3,(H,20,21)/b19-12+. The van der Waals surface area contributed by atoms with Crippen molar-refractivity contribution in [3.05, 3.63) is 64.7 Å². The van der Waals surface area contributed by atoms with Crippen molar-refractivity contribution in [3.63, 3.8) is 0 Å². The molecule has 22 heavy (non-hydrogen) atoms. The summed E-state index contributed by atoms with van der Waals surface area (Å²) in [7, 11) is 0. The number of aryl methyl sites for hydroxylation is 2. The largest absolute Gasteiger partial charge is 0.494 e. The molecule has 0 atom stereocenters. The van der Waals surface area contributed by atoms with Gasteiger partial charge in [-0.15, -0.1) is 0 Å². The van der Waals surface area contributed by atoms with Crippen molar-refractivity contribution >= 4 is 12.1 Å². The van der Waals surface area contributed by atoms with Crippen LogP contribution in [0.25, 0.3) is 0 Å². The van der Waals surface area contributed by atoms with Crippen LogP contribution in [0.4, 0.5) is 0 Å². The Bertz CT molecular complexity index is 676. The Kier molecular flexibility index (Phi) is 5.31. The number of hydrazone groups is 1. The molecule has 4 nitrogen and oxygen atoms in total. The third-order valence-electron chi connectivity index (χ3n) is 3.23. The number of nitrogens with zero attached hydrogens (tertiary/aromatic N) is 1. The average molecular weight is 296 g/mol. The summed E-state index contributed by atoms with van der Waals surface area (Å²) < 4.78 is 5.34. The van der Waals surface area contributed by atoms with Crippen molar-refractivity contribution in [1.82, 2.24) is 5.43 Å². The number of nitrogens with one attached hydrogen (secondary N) is 1. The maximum atomic E-state index is 12.0. The maximum Gasteiger partial charge on any atom is 0.271 e. The first-order valence-electron chi connectivity index (χ1n) is 7.23. The summed E-state index contributed by atoms with van der Waals surface area (Å²) in [5.41, 5.74) is 6.34. The van der Waals surface area contributed by atoms with Gasteiger partial charge >= 0.3 is 0 Å². The SMILES string of the molecule is CCOc1ccc(C(=O)N/N=C/c2cc(C)ccc2C)cc1. The number of ether oxygens (including phenoxy) is 1. The van der Waals surface area contributed by atoms with Gasteiger partial charge in [0.15, 0.2) is 0 Å². The molecule has 0 bridgehead atoms. The summed E-state index contributed by atoms with van der Waals surface area (Å²) >= 11 is 0. The van der Waals surface area contributed by atoms with E-state index >= 15 is 0 Å². The van der Waals surface area contributed by atoms with Crippen LogP contribution in [0, 0.1) is 13.8 Å². The van der Waals surface area contributed by atoms with Crippen LogP contribution in [0.2, 0.25) is 0 Å². The molecule has 0 radical (unpaired) electrons. The fourth-order valence-corrected chi connectivity index (χ4v) is 1.99. The minimum absolute atomic E-state index is 0.246. The summed E-state index contributed by atoms with van der Waals surface area (Å²) in [6.45, 7) is 6.55. The van der Waals surface area contributed by atoms with Gasteiger partial charge in [-0.1, -0.05) is 23.8 Å². The Morgan fingerprint density at radius 1 is 1.18 bits per heavy atom. The lowest BCUT2D eigenvalue weighted by Gasteiger charge is -2.04. The van der Waals surface area contributed by atoms with E-state index in [1.54, 1.807) is 30.5 Å². The number of hydrogen-bond acceptors (Lipinski definition) is 3. The van der Waals surface area contributed by atoms with Gasteiger partial charge in [0.05, 0.1) is 12.8 Å². The molecule has 0 saturated carbocycles. The predicted molar refractivity (Wildman–Crippen MR) is 88.6 cm³/mol. The van der Waals surface area contributed by atoms with Gasteiger partial charge in [0.2, 0.25) is 0 Å². The number of hydrogen-bond donors (Lipinski definition) is 1. The fourth-order valence-electron chi connectivity index (χ4n) is 1.99. The van der Waals surface area contributed by atoms with Crippen LogP contribution in [0.3, 0.4) is 0 Å². The van der Waals surface area contributed by atoms with Crippen molar-refractivity contribution in [3.8, 4) is 5.75 Å². The molecular weight excluding hydrogens is 276 g/mol. The van der Waals surface area contributed by atoms with Crippen molar-refractivity contribution in [2.24, 2.45) is 5.10 Å². The van der Waals surface area contributed by atoms with Gasteiger partial charge in [-0.05, 0) is 56.2 Å². The zero-order valence-corrected chi connectivity index (χ0v) is 13.1.